The standard InChI is InChI=1S/C14H22ClNO3.ClH/c1-10(2)16-14(11(3)17)19-9-8-18-13-6-4-12(15)5-7-13;/h4-7,10-11,14,16-17H,8-9H2,1-3H3;1H. The molecule has 0 amide bonds. The van der Waals surface area contributed by atoms with E-state index in [2.05, 4.69) is 5.32 Å². The Bertz CT molecular complexity index is 358. The monoisotopic (exact) mass is 323 g/mol. The van der Waals surface area contributed by atoms with Gasteiger partial charge in [-0.3, -0.25) is 5.32 Å². The summed E-state index contributed by atoms with van der Waals surface area (Å²) in [6.45, 7) is 6.52. The summed E-state index contributed by atoms with van der Waals surface area (Å²) in [6.07, 6.45) is -0.952. The Labute approximate surface area is 131 Å². The van der Waals surface area contributed by atoms with Crippen molar-refractivity contribution in [2.75, 3.05) is 13.2 Å². The lowest BCUT2D eigenvalue weighted by molar-refractivity contribution is -0.0594. The van der Waals surface area contributed by atoms with Gasteiger partial charge in [-0.05, 0) is 45.0 Å². The summed E-state index contributed by atoms with van der Waals surface area (Å²) in [5.41, 5.74) is 0. The topological polar surface area (TPSA) is 50.7 Å². The van der Waals surface area contributed by atoms with Gasteiger partial charge in [0.2, 0.25) is 0 Å². The first-order valence-corrected chi connectivity index (χ1v) is 6.81. The Morgan fingerprint density at radius 1 is 1.15 bits per heavy atom. The number of halogens is 2. The largest absolute Gasteiger partial charge is 0.491 e. The Balaban J connectivity index is 0.00000361. The van der Waals surface area contributed by atoms with Gasteiger partial charge in [-0.25, -0.2) is 0 Å². The third-order valence-corrected chi connectivity index (χ3v) is 2.65. The van der Waals surface area contributed by atoms with Gasteiger partial charge in [0, 0.05) is 11.1 Å². The van der Waals surface area contributed by atoms with Crippen LogP contribution in [0.15, 0.2) is 24.3 Å². The first kappa shape index (κ1) is 19.5. The number of rotatable bonds is 8. The predicted molar refractivity (Wildman–Crippen MR) is 83.9 cm³/mol. The lowest BCUT2D eigenvalue weighted by Gasteiger charge is -2.24. The molecule has 116 valence electrons. The molecule has 2 unspecified atom stereocenters. The molecule has 1 rings (SSSR count). The minimum Gasteiger partial charge on any atom is -0.491 e. The molecule has 1 aromatic carbocycles. The van der Waals surface area contributed by atoms with E-state index in [-0.39, 0.29) is 24.7 Å². The van der Waals surface area contributed by atoms with E-state index < -0.39 is 6.10 Å². The Morgan fingerprint density at radius 3 is 2.25 bits per heavy atom. The van der Waals surface area contributed by atoms with Crippen molar-refractivity contribution in [3.63, 3.8) is 0 Å². The summed E-state index contributed by atoms with van der Waals surface area (Å²) in [5.74, 6) is 0.749. The van der Waals surface area contributed by atoms with Crippen LogP contribution in [0, 0.1) is 0 Å². The second-order valence-electron chi connectivity index (χ2n) is 4.66. The fraction of sp³-hybridized carbons (Fsp3) is 0.571. The van der Waals surface area contributed by atoms with Gasteiger partial charge in [-0.15, -0.1) is 12.4 Å². The zero-order valence-corrected chi connectivity index (χ0v) is 13.6. The zero-order chi connectivity index (χ0) is 14.3. The summed E-state index contributed by atoms with van der Waals surface area (Å²) >= 11 is 5.78. The maximum absolute atomic E-state index is 9.56. The fourth-order valence-electron chi connectivity index (χ4n) is 1.52. The maximum Gasteiger partial charge on any atom is 0.134 e. The van der Waals surface area contributed by atoms with Gasteiger partial charge >= 0.3 is 0 Å². The van der Waals surface area contributed by atoms with Crippen molar-refractivity contribution in [2.24, 2.45) is 0 Å². The Kier molecular flexibility index (Phi) is 9.98. The lowest BCUT2D eigenvalue weighted by Crippen LogP contribution is -2.44. The number of hydrogen-bond donors (Lipinski definition) is 2. The van der Waals surface area contributed by atoms with Crippen molar-refractivity contribution in [1.29, 1.82) is 0 Å². The van der Waals surface area contributed by atoms with E-state index in [1.165, 1.54) is 0 Å². The predicted octanol–water partition coefficient (Wildman–Crippen LogP) is 2.86. The number of benzene rings is 1. The van der Waals surface area contributed by atoms with Gasteiger partial charge in [0.05, 0.1) is 12.7 Å². The summed E-state index contributed by atoms with van der Waals surface area (Å²) in [4.78, 5) is 0. The Morgan fingerprint density at radius 2 is 1.75 bits per heavy atom. The average Bonchev–Trinajstić information content (AvgIpc) is 2.34. The minimum atomic E-state index is -0.571. The van der Waals surface area contributed by atoms with Gasteiger partial charge in [0.1, 0.15) is 18.6 Å². The molecule has 0 spiro atoms. The van der Waals surface area contributed by atoms with Crippen molar-refractivity contribution >= 4 is 24.0 Å². The quantitative estimate of drug-likeness (QED) is 0.570. The molecule has 4 nitrogen and oxygen atoms in total. The molecule has 0 fully saturated rings. The third kappa shape index (κ3) is 7.92. The number of aliphatic hydroxyl groups is 1. The molecule has 0 saturated heterocycles. The van der Waals surface area contributed by atoms with Crippen molar-refractivity contribution in [3.8, 4) is 5.75 Å². The van der Waals surface area contributed by atoms with Crippen molar-refractivity contribution in [2.45, 2.75) is 39.1 Å². The normalized spacial score (nSPS) is 13.7. The van der Waals surface area contributed by atoms with Crippen LogP contribution < -0.4 is 10.1 Å². The first-order valence-electron chi connectivity index (χ1n) is 6.43. The van der Waals surface area contributed by atoms with E-state index in [1.54, 1.807) is 31.2 Å². The molecule has 0 aliphatic heterocycles. The van der Waals surface area contributed by atoms with Crippen LogP contribution >= 0.6 is 24.0 Å². The van der Waals surface area contributed by atoms with E-state index in [1.807, 2.05) is 13.8 Å². The van der Waals surface area contributed by atoms with Crippen molar-refractivity contribution < 1.29 is 14.6 Å². The van der Waals surface area contributed by atoms with Crippen molar-refractivity contribution in [3.05, 3.63) is 29.3 Å². The first-order chi connectivity index (χ1) is 8.99. The van der Waals surface area contributed by atoms with Gasteiger partial charge < -0.3 is 14.6 Å². The summed E-state index contributed by atoms with van der Waals surface area (Å²) < 4.78 is 11.1. The highest BCUT2D eigenvalue weighted by Gasteiger charge is 2.15. The molecule has 6 heteroatoms. The van der Waals surface area contributed by atoms with Crippen LogP contribution in [0.25, 0.3) is 0 Å². The van der Waals surface area contributed by atoms with Crippen LogP contribution in [0.3, 0.4) is 0 Å². The van der Waals surface area contributed by atoms with E-state index >= 15 is 0 Å². The van der Waals surface area contributed by atoms with E-state index in [4.69, 9.17) is 21.1 Å². The van der Waals surface area contributed by atoms with Gasteiger partial charge in [-0.1, -0.05) is 11.6 Å². The summed E-state index contributed by atoms with van der Waals surface area (Å²) in [6, 6.07) is 7.41. The zero-order valence-electron chi connectivity index (χ0n) is 12.0. The molecule has 0 aromatic heterocycles. The average molecular weight is 324 g/mol. The molecule has 1 aromatic rings. The molecular formula is C14H23Cl2NO3. The highest BCUT2D eigenvalue weighted by molar-refractivity contribution is 6.30. The Hall–Kier alpha value is -0.520. The second-order valence-corrected chi connectivity index (χ2v) is 5.09. The van der Waals surface area contributed by atoms with E-state index in [9.17, 15) is 5.11 Å². The van der Waals surface area contributed by atoms with Crippen LogP contribution in [0.5, 0.6) is 5.75 Å². The molecule has 0 aliphatic carbocycles. The van der Waals surface area contributed by atoms with E-state index in [0.717, 1.165) is 5.75 Å². The molecule has 0 saturated carbocycles. The number of aliphatic hydroxyl groups excluding tert-OH is 1. The van der Waals surface area contributed by atoms with Gasteiger partial charge in [0.15, 0.2) is 0 Å². The summed E-state index contributed by atoms with van der Waals surface area (Å²) in [5, 5.41) is 13.4. The van der Waals surface area contributed by atoms with E-state index in [0.29, 0.717) is 18.2 Å². The molecule has 0 radical (unpaired) electrons. The number of nitrogens with one attached hydrogen (secondary N) is 1. The minimum absolute atomic E-state index is 0. The van der Waals surface area contributed by atoms with Crippen molar-refractivity contribution in [1.82, 2.24) is 5.32 Å². The van der Waals surface area contributed by atoms with Crippen LogP contribution in [0.4, 0.5) is 0 Å². The fourth-order valence-corrected chi connectivity index (χ4v) is 1.65. The van der Waals surface area contributed by atoms with Crippen LogP contribution in [0.1, 0.15) is 20.8 Å². The van der Waals surface area contributed by atoms with Crippen LogP contribution in [-0.4, -0.2) is 36.7 Å². The maximum atomic E-state index is 9.56. The van der Waals surface area contributed by atoms with Gasteiger partial charge in [0.25, 0.3) is 0 Å². The number of ether oxygens (including phenoxy) is 2. The molecular weight excluding hydrogens is 301 g/mol. The highest BCUT2D eigenvalue weighted by atomic mass is 35.5. The second kappa shape index (κ2) is 10.2. The molecule has 0 bridgehead atoms. The lowest BCUT2D eigenvalue weighted by atomic mass is 10.3. The highest BCUT2D eigenvalue weighted by Crippen LogP contribution is 2.15. The number of hydrogen-bond acceptors (Lipinski definition) is 4. The van der Waals surface area contributed by atoms with Crippen LogP contribution in [-0.2, 0) is 4.74 Å². The van der Waals surface area contributed by atoms with Crippen LogP contribution in [0.2, 0.25) is 5.02 Å². The molecule has 0 aliphatic rings. The molecule has 2 N–H and O–H groups in total. The smallest absolute Gasteiger partial charge is 0.134 e. The molecule has 0 heterocycles. The SMILES string of the molecule is CC(C)NC(OCCOc1ccc(Cl)cc1)C(C)O.Cl. The molecule has 2 atom stereocenters. The third-order valence-electron chi connectivity index (χ3n) is 2.40. The summed E-state index contributed by atoms with van der Waals surface area (Å²) in [7, 11) is 0. The van der Waals surface area contributed by atoms with Gasteiger partial charge in [-0.2, -0.15) is 0 Å². The molecule has 20 heavy (non-hydrogen) atoms.